The van der Waals surface area contributed by atoms with Gasteiger partial charge in [0.25, 0.3) is 11.8 Å². The minimum atomic E-state index is -1.70. The van der Waals surface area contributed by atoms with Gasteiger partial charge in [0.1, 0.15) is 10.8 Å². The van der Waals surface area contributed by atoms with Crippen LogP contribution in [0.4, 0.5) is 0 Å². The molecule has 0 bridgehead atoms. The van der Waals surface area contributed by atoms with E-state index in [9.17, 15) is 19.6 Å². The van der Waals surface area contributed by atoms with Crippen molar-refractivity contribution in [2.75, 3.05) is 6.54 Å². The summed E-state index contributed by atoms with van der Waals surface area (Å²) in [5, 5.41) is 28.6. The van der Waals surface area contributed by atoms with E-state index in [1.54, 1.807) is 19.1 Å². The van der Waals surface area contributed by atoms with Crippen LogP contribution in [0.5, 0.6) is 0 Å². The van der Waals surface area contributed by atoms with E-state index in [4.69, 9.17) is 16.4 Å². The number of aromatic nitrogens is 1. The second-order valence-electron chi connectivity index (χ2n) is 7.51. The summed E-state index contributed by atoms with van der Waals surface area (Å²) in [7, 11) is -1.70. The van der Waals surface area contributed by atoms with Crippen molar-refractivity contribution in [3.05, 3.63) is 64.9 Å². The summed E-state index contributed by atoms with van der Waals surface area (Å²) in [4.78, 5) is 35.1. The van der Waals surface area contributed by atoms with Gasteiger partial charge in [-0.3, -0.25) is 9.59 Å². The first-order valence-corrected chi connectivity index (χ1v) is 10.6. The maximum atomic E-state index is 13.1. The van der Waals surface area contributed by atoms with Crippen LogP contribution in [0.25, 0.3) is 0 Å². The Kier molecular flexibility index (Phi) is 7.84. The molecular weight excluding hydrogens is 435 g/mol. The Morgan fingerprint density at radius 1 is 1.22 bits per heavy atom. The van der Waals surface area contributed by atoms with E-state index in [1.165, 1.54) is 6.07 Å². The number of pyridine rings is 1. The third-order valence-electron chi connectivity index (χ3n) is 5.10. The van der Waals surface area contributed by atoms with Gasteiger partial charge in [0.15, 0.2) is 0 Å². The first-order chi connectivity index (χ1) is 15.3. The van der Waals surface area contributed by atoms with Crippen molar-refractivity contribution in [1.29, 1.82) is 0 Å². The van der Waals surface area contributed by atoms with Gasteiger partial charge in [0, 0.05) is 12.8 Å². The van der Waals surface area contributed by atoms with E-state index in [-0.39, 0.29) is 30.2 Å². The maximum absolute atomic E-state index is 13.1. The normalized spacial score (nSPS) is 18.3. The number of halogens is 1. The summed E-state index contributed by atoms with van der Waals surface area (Å²) in [6.07, 6.45) is 0.657. The number of oxime groups is 1. The monoisotopic (exact) mass is 458 g/mol. The van der Waals surface area contributed by atoms with Gasteiger partial charge in [-0.1, -0.05) is 60.1 Å². The average molecular weight is 459 g/mol. The minimum absolute atomic E-state index is 0.0523. The van der Waals surface area contributed by atoms with Crippen LogP contribution >= 0.6 is 11.6 Å². The average Bonchev–Trinajstić information content (AvgIpc) is 3.20. The predicted octanol–water partition coefficient (Wildman–Crippen LogP) is 1.13. The Balaban J connectivity index is 1.71. The van der Waals surface area contributed by atoms with Crippen molar-refractivity contribution in [3.63, 3.8) is 0 Å². The van der Waals surface area contributed by atoms with E-state index < -0.39 is 30.5 Å². The number of amides is 2. The van der Waals surface area contributed by atoms with Crippen molar-refractivity contribution in [2.24, 2.45) is 5.16 Å². The highest BCUT2D eigenvalue weighted by molar-refractivity contribution is 6.43. The molecule has 0 saturated carbocycles. The SMILES string of the molecule is CCC(NC(=O)C1(Cc2ccccc2)CC(CNC(=O)c2cccc(Cl)n2)=NO1)B(O)O. The molecule has 1 aromatic carbocycles. The van der Waals surface area contributed by atoms with E-state index in [1.807, 2.05) is 30.3 Å². The van der Waals surface area contributed by atoms with Gasteiger partial charge in [-0.05, 0) is 24.1 Å². The summed E-state index contributed by atoms with van der Waals surface area (Å²) >= 11 is 5.83. The van der Waals surface area contributed by atoms with Crippen LogP contribution in [-0.4, -0.2) is 57.8 Å². The van der Waals surface area contributed by atoms with Gasteiger partial charge in [0.05, 0.1) is 18.2 Å². The van der Waals surface area contributed by atoms with Gasteiger partial charge >= 0.3 is 7.12 Å². The van der Waals surface area contributed by atoms with E-state index in [2.05, 4.69) is 20.8 Å². The smallest absolute Gasteiger partial charge is 0.426 e. The van der Waals surface area contributed by atoms with Crippen LogP contribution in [-0.2, 0) is 16.1 Å². The van der Waals surface area contributed by atoms with Crippen LogP contribution in [0, 0.1) is 0 Å². The van der Waals surface area contributed by atoms with Gasteiger partial charge < -0.3 is 25.5 Å². The Labute approximate surface area is 191 Å². The van der Waals surface area contributed by atoms with Gasteiger partial charge in [-0.2, -0.15) is 0 Å². The molecule has 1 aromatic heterocycles. The van der Waals surface area contributed by atoms with Gasteiger partial charge in [-0.25, -0.2) is 4.98 Å². The molecular formula is C21H24BClN4O5. The molecule has 1 aliphatic rings. The molecule has 9 nitrogen and oxygen atoms in total. The summed E-state index contributed by atoms with van der Waals surface area (Å²) in [5.41, 5.74) is 0.0961. The fourth-order valence-corrected chi connectivity index (χ4v) is 3.52. The molecule has 4 N–H and O–H groups in total. The van der Waals surface area contributed by atoms with Crippen molar-refractivity contribution >= 4 is 36.2 Å². The quantitative estimate of drug-likeness (QED) is 0.329. The molecule has 2 atom stereocenters. The largest absolute Gasteiger partial charge is 0.475 e. The summed E-state index contributed by atoms with van der Waals surface area (Å²) in [6.45, 7) is 1.78. The molecule has 168 valence electrons. The second-order valence-corrected chi connectivity index (χ2v) is 7.90. The number of hydrogen-bond donors (Lipinski definition) is 4. The fourth-order valence-electron chi connectivity index (χ4n) is 3.36. The second kappa shape index (κ2) is 10.6. The highest BCUT2D eigenvalue weighted by Crippen LogP contribution is 2.29. The molecule has 0 radical (unpaired) electrons. The third-order valence-corrected chi connectivity index (χ3v) is 5.31. The predicted molar refractivity (Wildman–Crippen MR) is 120 cm³/mol. The summed E-state index contributed by atoms with van der Waals surface area (Å²) in [6, 6.07) is 14.0. The number of carbonyl (C=O) groups excluding carboxylic acids is 2. The molecule has 0 fully saturated rings. The molecule has 3 rings (SSSR count). The lowest BCUT2D eigenvalue weighted by Crippen LogP contribution is -2.55. The third kappa shape index (κ3) is 5.85. The van der Waals surface area contributed by atoms with Crippen LogP contribution < -0.4 is 10.6 Å². The van der Waals surface area contributed by atoms with E-state index in [0.29, 0.717) is 12.1 Å². The van der Waals surface area contributed by atoms with Crippen molar-refractivity contribution in [2.45, 2.75) is 37.7 Å². The zero-order valence-electron chi connectivity index (χ0n) is 17.5. The Morgan fingerprint density at radius 3 is 2.62 bits per heavy atom. The van der Waals surface area contributed by atoms with Crippen molar-refractivity contribution < 1.29 is 24.5 Å². The number of rotatable bonds is 9. The number of nitrogens with one attached hydrogen (secondary N) is 2. The standard InChI is InChI=1S/C21H24BClN4O5/c1-2-17(22(30)31)26-20(29)21(11-14-7-4-3-5-8-14)12-15(27-32-21)13-24-19(28)16-9-6-10-18(23)25-16/h3-10,17,30-31H,2,11-13H2,1H3,(H,24,28)(H,26,29). The topological polar surface area (TPSA) is 133 Å². The molecule has 0 saturated heterocycles. The lowest BCUT2D eigenvalue weighted by atomic mass is 9.77. The molecule has 2 heterocycles. The van der Waals surface area contributed by atoms with E-state index >= 15 is 0 Å². The summed E-state index contributed by atoms with van der Waals surface area (Å²) in [5.74, 6) is -1.80. The highest BCUT2D eigenvalue weighted by Gasteiger charge is 2.47. The molecule has 2 amide bonds. The van der Waals surface area contributed by atoms with Crippen molar-refractivity contribution in [1.82, 2.24) is 15.6 Å². The number of hydrogen-bond acceptors (Lipinski definition) is 7. The number of benzene rings is 1. The first-order valence-electron chi connectivity index (χ1n) is 10.2. The van der Waals surface area contributed by atoms with Crippen LogP contribution in [0.1, 0.15) is 35.8 Å². The minimum Gasteiger partial charge on any atom is -0.426 e. The van der Waals surface area contributed by atoms with Crippen LogP contribution in [0.2, 0.25) is 5.15 Å². The van der Waals surface area contributed by atoms with E-state index in [0.717, 1.165) is 5.56 Å². The molecule has 1 aliphatic heterocycles. The maximum Gasteiger partial charge on any atom is 0.475 e. The number of nitrogens with zero attached hydrogens (tertiary/aromatic N) is 2. The zero-order valence-corrected chi connectivity index (χ0v) is 18.2. The Morgan fingerprint density at radius 2 is 1.97 bits per heavy atom. The molecule has 0 aliphatic carbocycles. The molecule has 2 aromatic rings. The first kappa shape index (κ1) is 23.7. The fraction of sp³-hybridized carbons (Fsp3) is 0.333. The molecule has 32 heavy (non-hydrogen) atoms. The Hall–Kier alpha value is -2.95. The Bertz CT molecular complexity index is 991. The molecule has 0 spiro atoms. The molecule has 2 unspecified atom stereocenters. The molecule has 11 heteroatoms. The van der Waals surface area contributed by atoms with Gasteiger partial charge in [0.2, 0.25) is 5.60 Å². The van der Waals surface area contributed by atoms with Gasteiger partial charge in [-0.15, -0.1) is 0 Å². The number of carbonyl (C=O) groups is 2. The lowest BCUT2D eigenvalue weighted by Gasteiger charge is -2.28. The van der Waals surface area contributed by atoms with Crippen LogP contribution in [0.15, 0.2) is 53.7 Å². The van der Waals surface area contributed by atoms with Crippen molar-refractivity contribution in [3.8, 4) is 0 Å². The lowest BCUT2D eigenvalue weighted by molar-refractivity contribution is -0.144. The van der Waals surface area contributed by atoms with Crippen LogP contribution in [0.3, 0.4) is 0 Å². The highest BCUT2D eigenvalue weighted by atomic mass is 35.5. The summed E-state index contributed by atoms with van der Waals surface area (Å²) < 4.78 is 0. The zero-order chi connectivity index (χ0) is 23.1.